The highest BCUT2D eigenvalue weighted by atomic mass is 16.2. The Morgan fingerprint density at radius 1 is 0.879 bits per heavy atom. The molecule has 0 radical (unpaired) electrons. The van der Waals surface area contributed by atoms with Crippen molar-refractivity contribution in [2.24, 2.45) is 5.92 Å². The van der Waals surface area contributed by atoms with Gasteiger partial charge in [-0.25, -0.2) is 0 Å². The fraction of sp³-hybridized carbons (Fsp3) is 0.250. The predicted molar refractivity (Wildman–Crippen MR) is 128 cm³/mol. The molecule has 0 saturated carbocycles. The molecule has 166 valence electrons. The lowest BCUT2D eigenvalue weighted by Gasteiger charge is -2.28. The summed E-state index contributed by atoms with van der Waals surface area (Å²) in [5.74, 6) is -0.619. The molecule has 0 spiro atoms. The number of carbonyl (C=O) groups excluding carboxylic acids is 3. The third-order valence-corrected chi connectivity index (χ3v) is 6.81. The van der Waals surface area contributed by atoms with Crippen molar-refractivity contribution >= 4 is 28.5 Å². The Labute approximate surface area is 193 Å². The van der Waals surface area contributed by atoms with Gasteiger partial charge in [-0.1, -0.05) is 60.7 Å². The molecule has 2 aliphatic heterocycles. The van der Waals surface area contributed by atoms with Crippen molar-refractivity contribution in [1.82, 2.24) is 9.80 Å². The van der Waals surface area contributed by atoms with E-state index >= 15 is 0 Å². The zero-order valence-electron chi connectivity index (χ0n) is 18.4. The van der Waals surface area contributed by atoms with Crippen molar-refractivity contribution < 1.29 is 14.4 Å². The quantitative estimate of drug-likeness (QED) is 0.404. The average molecular weight is 439 g/mol. The lowest BCUT2D eigenvalue weighted by atomic mass is 10.0. The van der Waals surface area contributed by atoms with Crippen LogP contribution >= 0.6 is 0 Å². The Bertz CT molecular complexity index is 1230. The van der Waals surface area contributed by atoms with Gasteiger partial charge >= 0.3 is 0 Å². The lowest BCUT2D eigenvalue weighted by molar-refractivity contribution is -0.132. The van der Waals surface area contributed by atoms with Gasteiger partial charge < -0.3 is 4.90 Å². The van der Waals surface area contributed by atoms with Crippen LogP contribution in [-0.2, 0) is 11.2 Å². The smallest absolute Gasteiger partial charge is 0.261 e. The second kappa shape index (κ2) is 8.66. The van der Waals surface area contributed by atoms with Crippen molar-refractivity contribution in [3.63, 3.8) is 0 Å². The number of fused-ring (bicyclic) bond motifs is 2. The van der Waals surface area contributed by atoms with Gasteiger partial charge in [0.1, 0.15) is 0 Å². The van der Waals surface area contributed by atoms with E-state index in [1.807, 2.05) is 17.0 Å². The Balaban J connectivity index is 1.35. The third-order valence-electron chi connectivity index (χ3n) is 6.81. The first-order chi connectivity index (χ1) is 16.1. The number of rotatable bonds is 7. The first kappa shape index (κ1) is 21.1. The maximum atomic E-state index is 13.2. The van der Waals surface area contributed by atoms with Crippen LogP contribution in [0.2, 0.25) is 0 Å². The number of hydrogen-bond acceptors (Lipinski definition) is 3. The number of allylic oxidation sites excluding steroid dienone is 1. The molecule has 0 aromatic heterocycles. The molecule has 2 unspecified atom stereocenters. The maximum Gasteiger partial charge on any atom is 0.261 e. The summed E-state index contributed by atoms with van der Waals surface area (Å²) in [7, 11) is 0. The molecule has 3 amide bonds. The zero-order chi connectivity index (χ0) is 22.9. The molecule has 2 atom stereocenters. The molecule has 3 aromatic rings. The summed E-state index contributed by atoms with van der Waals surface area (Å²) in [6.07, 6.45) is 3.71. The minimum absolute atomic E-state index is 0.0808. The topological polar surface area (TPSA) is 57.7 Å². The Morgan fingerprint density at radius 3 is 2.24 bits per heavy atom. The van der Waals surface area contributed by atoms with Crippen LogP contribution < -0.4 is 0 Å². The van der Waals surface area contributed by atoms with E-state index in [1.54, 1.807) is 30.3 Å². The number of amides is 3. The summed E-state index contributed by atoms with van der Waals surface area (Å²) in [6, 6.07) is 21.3. The molecule has 0 aliphatic carbocycles. The molecule has 0 N–H and O–H groups in total. The van der Waals surface area contributed by atoms with E-state index in [4.69, 9.17) is 0 Å². The minimum Gasteiger partial charge on any atom is -0.337 e. The van der Waals surface area contributed by atoms with Crippen molar-refractivity contribution in [3.05, 3.63) is 96.1 Å². The number of carbonyl (C=O) groups is 3. The first-order valence-corrected chi connectivity index (χ1v) is 11.4. The molecule has 0 bridgehead atoms. The van der Waals surface area contributed by atoms with E-state index in [9.17, 15) is 14.4 Å². The van der Waals surface area contributed by atoms with E-state index in [0.717, 1.165) is 12.0 Å². The zero-order valence-corrected chi connectivity index (χ0v) is 18.4. The normalized spacial score (nSPS) is 20.1. The van der Waals surface area contributed by atoms with Crippen LogP contribution in [0, 0.1) is 5.92 Å². The van der Waals surface area contributed by atoms with Crippen molar-refractivity contribution in [1.29, 1.82) is 0 Å². The molecule has 5 nitrogen and oxygen atoms in total. The highest BCUT2D eigenvalue weighted by molar-refractivity contribution is 6.21. The summed E-state index contributed by atoms with van der Waals surface area (Å²) in [6.45, 7) is 4.58. The molecular weight excluding hydrogens is 412 g/mol. The van der Waals surface area contributed by atoms with Crippen LogP contribution in [0.4, 0.5) is 0 Å². The number of nitrogens with zero attached hydrogens (tertiary/aromatic N) is 2. The number of hydrogen-bond donors (Lipinski definition) is 0. The van der Waals surface area contributed by atoms with Crippen molar-refractivity contribution in [3.8, 4) is 0 Å². The van der Waals surface area contributed by atoms with Crippen LogP contribution in [0.15, 0.2) is 79.4 Å². The fourth-order valence-corrected chi connectivity index (χ4v) is 5.09. The van der Waals surface area contributed by atoms with Gasteiger partial charge in [0.25, 0.3) is 11.8 Å². The predicted octanol–water partition coefficient (Wildman–Crippen LogP) is 4.47. The molecule has 2 aliphatic rings. The van der Waals surface area contributed by atoms with Gasteiger partial charge in [0.05, 0.1) is 17.2 Å². The van der Waals surface area contributed by atoms with Crippen LogP contribution in [0.5, 0.6) is 0 Å². The molecule has 2 heterocycles. The summed E-state index contributed by atoms with van der Waals surface area (Å²) in [5.41, 5.74) is 2.04. The van der Waals surface area contributed by atoms with E-state index < -0.39 is 0 Å². The largest absolute Gasteiger partial charge is 0.337 e. The van der Waals surface area contributed by atoms with E-state index in [2.05, 4.69) is 36.9 Å². The van der Waals surface area contributed by atoms with Gasteiger partial charge in [0.15, 0.2) is 0 Å². The van der Waals surface area contributed by atoms with E-state index in [1.165, 1.54) is 15.7 Å². The standard InChI is InChI=1S/C28H26N2O3/c1-2-7-22-17-23(18-30-27(32)24-10-5-6-11-25(24)28(30)33)29(26(22)31)15-14-19-12-13-20-8-3-4-9-21(20)16-19/h2-6,8-13,16,22-23H,1,7,14-15,17-18H2. The highest BCUT2D eigenvalue weighted by Gasteiger charge is 2.43. The van der Waals surface area contributed by atoms with Crippen LogP contribution in [0.1, 0.15) is 39.1 Å². The number of likely N-dealkylation sites (tertiary alicyclic amines) is 1. The Morgan fingerprint density at radius 2 is 1.55 bits per heavy atom. The van der Waals surface area contributed by atoms with Gasteiger partial charge in [-0.05, 0) is 47.7 Å². The molecule has 33 heavy (non-hydrogen) atoms. The van der Waals surface area contributed by atoms with Crippen LogP contribution in [-0.4, -0.2) is 46.7 Å². The maximum absolute atomic E-state index is 13.2. The lowest BCUT2D eigenvalue weighted by Crippen LogP contribution is -2.44. The van der Waals surface area contributed by atoms with E-state index in [-0.39, 0.29) is 36.2 Å². The Hall–Kier alpha value is -3.73. The summed E-state index contributed by atoms with van der Waals surface area (Å²) < 4.78 is 0. The molecule has 1 fully saturated rings. The average Bonchev–Trinajstić information content (AvgIpc) is 3.26. The molecule has 5 rings (SSSR count). The molecule has 1 saturated heterocycles. The van der Waals surface area contributed by atoms with Gasteiger partial charge in [0.2, 0.25) is 5.91 Å². The second-order valence-electron chi connectivity index (χ2n) is 8.84. The molecule has 5 heteroatoms. The number of imide groups is 1. The number of benzene rings is 3. The SMILES string of the molecule is C=CCC1CC(CN2C(=O)c3ccccc3C2=O)N(CCc2ccc3ccccc3c2)C1=O. The van der Waals surface area contributed by atoms with E-state index in [0.29, 0.717) is 30.5 Å². The Kier molecular flexibility index (Phi) is 5.55. The summed E-state index contributed by atoms with van der Waals surface area (Å²) in [5, 5.41) is 2.36. The van der Waals surface area contributed by atoms with Crippen LogP contribution in [0.3, 0.4) is 0 Å². The van der Waals surface area contributed by atoms with Crippen molar-refractivity contribution in [2.75, 3.05) is 13.1 Å². The van der Waals surface area contributed by atoms with Crippen molar-refractivity contribution in [2.45, 2.75) is 25.3 Å². The second-order valence-corrected chi connectivity index (χ2v) is 8.84. The van der Waals surface area contributed by atoms with Gasteiger partial charge in [-0.2, -0.15) is 0 Å². The van der Waals surface area contributed by atoms with Crippen LogP contribution in [0.25, 0.3) is 10.8 Å². The molecule has 3 aromatic carbocycles. The van der Waals surface area contributed by atoms with Gasteiger partial charge in [-0.15, -0.1) is 6.58 Å². The summed E-state index contributed by atoms with van der Waals surface area (Å²) >= 11 is 0. The fourth-order valence-electron chi connectivity index (χ4n) is 5.09. The first-order valence-electron chi connectivity index (χ1n) is 11.4. The van der Waals surface area contributed by atoms with Gasteiger partial charge in [-0.3, -0.25) is 19.3 Å². The van der Waals surface area contributed by atoms with Gasteiger partial charge in [0, 0.05) is 19.0 Å². The minimum atomic E-state index is -0.273. The third kappa shape index (κ3) is 3.84. The monoisotopic (exact) mass is 438 g/mol. The molecular formula is C28H26N2O3. The summed E-state index contributed by atoms with van der Waals surface area (Å²) in [4.78, 5) is 42.1. The highest BCUT2D eigenvalue weighted by Crippen LogP contribution is 2.31.